The first-order chi connectivity index (χ1) is 11.6. The SMILES string of the molecule is Cc1cc(N2CCC(NC(=O)CC3(CS(C)(=O)=O)CC3)C2=O)n(C)n1. The quantitative estimate of drug-likeness (QED) is 0.771. The van der Waals surface area contributed by atoms with Crippen molar-refractivity contribution in [1.29, 1.82) is 0 Å². The van der Waals surface area contributed by atoms with Gasteiger partial charge >= 0.3 is 0 Å². The number of amides is 2. The Balaban J connectivity index is 1.60. The number of carbonyl (C=O) groups excluding carboxylic acids is 2. The number of rotatable bonds is 6. The zero-order valence-electron chi connectivity index (χ0n) is 14.8. The van der Waals surface area contributed by atoms with Gasteiger partial charge in [-0.05, 0) is 31.6 Å². The predicted molar refractivity (Wildman–Crippen MR) is 92.8 cm³/mol. The zero-order valence-corrected chi connectivity index (χ0v) is 15.6. The second-order valence-corrected chi connectivity index (χ2v) is 9.55. The molecule has 0 radical (unpaired) electrons. The summed E-state index contributed by atoms with van der Waals surface area (Å²) in [6, 6.07) is 1.28. The van der Waals surface area contributed by atoms with Crippen molar-refractivity contribution in [2.45, 2.75) is 38.6 Å². The standard InChI is InChI=1S/C16H24N4O4S/c1-11-8-14(19(2)18-11)20-7-4-12(15(20)22)17-13(21)9-16(5-6-16)10-25(3,23)24/h8,12H,4-7,9-10H2,1-3H3,(H,17,21). The molecule has 1 saturated heterocycles. The summed E-state index contributed by atoms with van der Waals surface area (Å²) in [5, 5.41) is 7.03. The molecule has 25 heavy (non-hydrogen) atoms. The number of nitrogens with zero attached hydrogens (tertiary/aromatic N) is 3. The number of aromatic nitrogens is 2. The summed E-state index contributed by atoms with van der Waals surface area (Å²) in [6.07, 6.45) is 3.38. The number of hydrogen-bond donors (Lipinski definition) is 1. The molecule has 2 amide bonds. The van der Waals surface area contributed by atoms with Crippen molar-refractivity contribution in [2.75, 3.05) is 23.5 Å². The highest BCUT2D eigenvalue weighted by Gasteiger charge is 2.47. The maximum Gasteiger partial charge on any atom is 0.250 e. The van der Waals surface area contributed by atoms with Gasteiger partial charge in [0.05, 0.1) is 11.4 Å². The lowest BCUT2D eigenvalue weighted by Gasteiger charge is -2.18. The third kappa shape index (κ3) is 4.02. The van der Waals surface area contributed by atoms with E-state index in [-0.39, 0.29) is 24.0 Å². The minimum Gasteiger partial charge on any atom is -0.344 e. The third-order valence-electron chi connectivity index (χ3n) is 4.86. The van der Waals surface area contributed by atoms with Crippen LogP contribution in [0.3, 0.4) is 0 Å². The van der Waals surface area contributed by atoms with Crippen LogP contribution in [0.25, 0.3) is 0 Å². The van der Waals surface area contributed by atoms with E-state index in [0.717, 1.165) is 24.4 Å². The van der Waals surface area contributed by atoms with Gasteiger partial charge in [0.2, 0.25) is 5.91 Å². The molecule has 1 aliphatic heterocycles. The maximum atomic E-state index is 12.6. The molecule has 1 aromatic heterocycles. The molecule has 1 aliphatic carbocycles. The van der Waals surface area contributed by atoms with E-state index in [1.807, 2.05) is 13.0 Å². The van der Waals surface area contributed by atoms with Gasteiger partial charge in [-0.25, -0.2) is 8.42 Å². The first-order valence-corrected chi connectivity index (χ1v) is 10.4. The molecule has 8 nitrogen and oxygen atoms in total. The lowest BCUT2D eigenvalue weighted by atomic mass is 10.0. The highest BCUT2D eigenvalue weighted by atomic mass is 32.2. The fourth-order valence-electron chi connectivity index (χ4n) is 3.58. The first-order valence-electron chi connectivity index (χ1n) is 8.38. The molecule has 2 heterocycles. The molecule has 1 atom stereocenters. The third-order valence-corrected chi connectivity index (χ3v) is 5.99. The van der Waals surface area contributed by atoms with E-state index in [9.17, 15) is 18.0 Å². The molecule has 1 aromatic rings. The average molecular weight is 368 g/mol. The van der Waals surface area contributed by atoms with Crippen molar-refractivity contribution >= 4 is 27.5 Å². The number of nitrogens with one attached hydrogen (secondary N) is 1. The van der Waals surface area contributed by atoms with E-state index in [0.29, 0.717) is 13.0 Å². The molecule has 2 fully saturated rings. The van der Waals surface area contributed by atoms with Crippen LogP contribution in [0.4, 0.5) is 5.82 Å². The molecule has 1 N–H and O–H groups in total. The Hall–Kier alpha value is -1.90. The smallest absolute Gasteiger partial charge is 0.250 e. The molecular weight excluding hydrogens is 344 g/mol. The molecule has 9 heteroatoms. The summed E-state index contributed by atoms with van der Waals surface area (Å²) in [5.41, 5.74) is 0.396. The lowest BCUT2D eigenvalue weighted by molar-refractivity contribution is -0.127. The molecule has 1 unspecified atom stereocenters. The second kappa shape index (κ2) is 6.12. The van der Waals surface area contributed by atoms with Crippen molar-refractivity contribution in [2.24, 2.45) is 12.5 Å². The van der Waals surface area contributed by atoms with Gasteiger partial charge in [0, 0.05) is 32.3 Å². The van der Waals surface area contributed by atoms with Crippen LogP contribution in [0.1, 0.15) is 31.4 Å². The van der Waals surface area contributed by atoms with Crippen molar-refractivity contribution in [3.8, 4) is 0 Å². The van der Waals surface area contributed by atoms with Gasteiger partial charge in [0.25, 0.3) is 5.91 Å². The van der Waals surface area contributed by atoms with Crippen LogP contribution in [0.2, 0.25) is 0 Å². The van der Waals surface area contributed by atoms with E-state index < -0.39 is 21.3 Å². The van der Waals surface area contributed by atoms with Crippen LogP contribution in [0, 0.1) is 12.3 Å². The number of carbonyl (C=O) groups is 2. The van der Waals surface area contributed by atoms with Crippen LogP contribution in [0.15, 0.2) is 6.07 Å². The fraction of sp³-hybridized carbons (Fsp3) is 0.688. The highest BCUT2D eigenvalue weighted by molar-refractivity contribution is 7.90. The summed E-state index contributed by atoms with van der Waals surface area (Å²) in [6.45, 7) is 2.39. The lowest BCUT2D eigenvalue weighted by Crippen LogP contribution is -2.42. The largest absolute Gasteiger partial charge is 0.344 e. The van der Waals surface area contributed by atoms with Crippen molar-refractivity contribution in [3.63, 3.8) is 0 Å². The van der Waals surface area contributed by atoms with Gasteiger partial charge < -0.3 is 5.32 Å². The Labute approximate surface area is 147 Å². The first kappa shape index (κ1) is 17.9. The van der Waals surface area contributed by atoms with E-state index in [1.54, 1.807) is 16.6 Å². The van der Waals surface area contributed by atoms with E-state index >= 15 is 0 Å². The molecule has 0 spiro atoms. The molecular formula is C16H24N4O4S. The molecule has 138 valence electrons. The maximum absolute atomic E-state index is 12.6. The topological polar surface area (TPSA) is 101 Å². The summed E-state index contributed by atoms with van der Waals surface area (Å²) in [7, 11) is -1.33. The minimum absolute atomic E-state index is 0.0342. The van der Waals surface area contributed by atoms with Crippen molar-refractivity contribution < 1.29 is 18.0 Å². The van der Waals surface area contributed by atoms with E-state index in [4.69, 9.17) is 0 Å². The summed E-state index contributed by atoms with van der Waals surface area (Å²) >= 11 is 0. The van der Waals surface area contributed by atoms with Crippen molar-refractivity contribution in [1.82, 2.24) is 15.1 Å². The van der Waals surface area contributed by atoms with Crippen LogP contribution >= 0.6 is 0 Å². The molecule has 3 rings (SSSR count). The highest BCUT2D eigenvalue weighted by Crippen LogP contribution is 2.49. The number of anilines is 1. The van der Waals surface area contributed by atoms with Gasteiger partial charge in [0.15, 0.2) is 0 Å². The van der Waals surface area contributed by atoms with E-state index in [2.05, 4.69) is 10.4 Å². The number of aryl methyl sites for hydroxylation is 2. The van der Waals surface area contributed by atoms with Gasteiger partial charge in [-0.2, -0.15) is 5.10 Å². The Kier molecular flexibility index (Phi) is 4.38. The van der Waals surface area contributed by atoms with Crippen LogP contribution in [0.5, 0.6) is 0 Å². The molecule has 0 aromatic carbocycles. The summed E-state index contributed by atoms with van der Waals surface area (Å²) < 4.78 is 24.7. The predicted octanol–water partition coefficient (Wildman–Crippen LogP) is 0.165. The molecule has 2 aliphatic rings. The fourth-order valence-corrected chi connectivity index (χ4v) is 5.09. The van der Waals surface area contributed by atoms with E-state index in [1.165, 1.54) is 6.26 Å². The summed E-state index contributed by atoms with van der Waals surface area (Å²) in [5.74, 6) is 0.355. The van der Waals surface area contributed by atoms with Crippen molar-refractivity contribution in [3.05, 3.63) is 11.8 Å². The zero-order chi connectivity index (χ0) is 18.4. The van der Waals surface area contributed by atoms with Crippen LogP contribution < -0.4 is 10.2 Å². The Morgan fingerprint density at radius 1 is 1.44 bits per heavy atom. The van der Waals surface area contributed by atoms with Gasteiger partial charge in [-0.15, -0.1) is 0 Å². The minimum atomic E-state index is -3.12. The second-order valence-electron chi connectivity index (χ2n) is 7.41. The van der Waals surface area contributed by atoms with Crippen LogP contribution in [-0.4, -0.2) is 54.6 Å². The Bertz CT molecular complexity index is 810. The Morgan fingerprint density at radius 2 is 2.12 bits per heavy atom. The van der Waals surface area contributed by atoms with Gasteiger partial charge in [-0.3, -0.25) is 19.2 Å². The average Bonchev–Trinajstić information content (AvgIpc) is 2.97. The molecule has 1 saturated carbocycles. The number of hydrogen-bond acceptors (Lipinski definition) is 5. The molecule has 0 bridgehead atoms. The summed E-state index contributed by atoms with van der Waals surface area (Å²) in [4.78, 5) is 26.5. The van der Waals surface area contributed by atoms with Gasteiger partial charge in [0.1, 0.15) is 21.7 Å². The van der Waals surface area contributed by atoms with Crippen LogP contribution in [-0.2, 0) is 26.5 Å². The van der Waals surface area contributed by atoms with Gasteiger partial charge in [-0.1, -0.05) is 0 Å². The normalized spacial score (nSPS) is 22.3. The number of sulfone groups is 1. The monoisotopic (exact) mass is 368 g/mol. The Morgan fingerprint density at radius 3 is 2.64 bits per heavy atom.